The molecule has 0 spiro atoms. The Morgan fingerprint density at radius 3 is 2.82 bits per heavy atom. The van der Waals surface area contributed by atoms with Gasteiger partial charge in [0.25, 0.3) is 0 Å². The zero-order valence-electron chi connectivity index (χ0n) is 10.7. The van der Waals surface area contributed by atoms with Gasteiger partial charge in [0.1, 0.15) is 0 Å². The fourth-order valence-electron chi connectivity index (χ4n) is 2.51. The molecule has 1 heterocycles. The lowest BCUT2D eigenvalue weighted by Crippen LogP contribution is -2.30. The Kier molecular flexibility index (Phi) is 5.02. The van der Waals surface area contributed by atoms with Crippen LogP contribution in [-0.2, 0) is 11.2 Å². The highest BCUT2D eigenvalue weighted by Gasteiger charge is 2.19. The molecule has 1 N–H and O–H groups in total. The van der Waals surface area contributed by atoms with Gasteiger partial charge in [-0.3, -0.25) is 0 Å². The largest absolute Gasteiger partial charge is 0.378 e. The molecule has 1 aromatic rings. The van der Waals surface area contributed by atoms with Crippen molar-refractivity contribution >= 4 is 0 Å². The number of hydrogen-bond acceptors (Lipinski definition) is 2. The Morgan fingerprint density at radius 2 is 2.18 bits per heavy atom. The van der Waals surface area contributed by atoms with Crippen molar-refractivity contribution in [2.75, 3.05) is 13.7 Å². The summed E-state index contributed by atoms with van der Waals surface area (Å²) in [5, 5.41) is 3.42. The number of benzene rings is 1. The van der Waals surface area contributed by atoms with Crippen molar-refractivity contribution in [3.8, 4) is 0 Å². The van der Waals surface area contributed by atoms with E-state index in [1.807, 2.05) is 0 Å². The van der Waals surface area contributed by atoms with Crippen LogP contribution >= 0.6 is 0 Å². The minimum Gasteiger partial charge on any atom is -0.378 e. The van der Waals surface area contributed by atoms with Crippen LogP contribution in [0.15, 0.2) is 30.3 Å². The highest BCUT2D eigenvalue weighted by molar-refractivity contribution is 5.14. The molecule has 0 amide bonds. The molecular weight excluding hydrogens is 210 g/mol. The van der Waals surface area contributed by atoms with Gasteiger partial charge in [-0.2, -0.15) is 0 Å². The molecule has 1 aliphatic rings. The second-order valence-corrected chi connectivity index (χ2v) is 4.88. The van der Waals surface area contributed by atoms with E-state index in [4.69, 9.17) is 4.74 Å². The van der Waals surface area contributed by atoms with Crippen LogP contribution < -0.4 is 5.32 Å². The first-order chi connectivity index (χ1) is 8.38. The molecule has 1 saturated heterocycles. The first-order valence-corrected chi connectivity index (χ1v) is 6.71. The van der Waals surface area contributed by atoms with Crippen LogP contribution in [0.2, 0.25) is 0 Å². The quantitative estimate of drug-likeness (QED) is 0.816. The summed E-state index contributed by atoms with van der Waals surface area (Å²) < 4.78 is 5.70. The molecule has 1 aliphatic heterocycles. The van der Waals surface area contributed by atoms with Gasteiger partial charge in [-0.1, -0.05) is 30.3 Å². The third kappa shape index (κ3) is 4.14. The minimum absolute atomic E-state index is 0.489. The summed E-state index contributed by atoms with van der Waals surface area (Å²) in [6.45, 7) is 0.958. The van der Waals surface area contributed by atoms with Crippen LogP contribution in [0.3, 0.4) is 0 Å². The van der Waals surface area contributed by atoms with E-state index in [-0.39, 0.29) is 0 Å². The normalized spacial score (nSPS) is 21.6. The van der Waals surface area contributed by atoms with Gasteiger partial charge in [0.15, 0.2) is 0 Å². The second-order valence-electron chi connectivity index (χ2n) is 4.88. The molecule has 0 saturated carbocycles. The predicted octanol–water partition coefficient (Wildman–Crippen LogP) is 2.78. The van der Waals surface area contributed by atoms with E-state index >= 15 is 0 Å². The maximum Gasteiger partial charge on any atom is 0.0590 e. The van der Waals surface area contributed by atoms with Crippen molar-refractivity contribution < 1.29 is 4.74 Å². The van der Waals surface area contributed by atoms with E-state index in [0.717, 1.165) is 19.4 Å². The SMILES string of the molecule is CNC(CCc1ccccc1)CC1CCCO1. The topological polar surface area (TPSA) is 21.3 Å². The summed E-state index contributed by atoms with van der Waals surface area (Å²) in [7, 11) is 2.06. The summed E-state index contributed by atoms with van der Waals surface area (Å²) in [6, 6.07) is 11.3. The van der Waals surface area contributed by atoms with Crippen molar-refractivity contribution in [2.24, 2.45) is 0 Å². The molecule has 2 rings (SSSR count). The molecule has 1 aromatic carbocycles. The zero-order chi connectivity index (χ0) is 11.9. The Balaban J connectivity index is 1.75. The number of nitrogens with one attached hydrogen (secondary N) is 1. The zero-order valence-corrected chi connectivity index (χ0v) is 10.7. The van der Waals surface area contributed by atoms with Crippen LogP contribution in [-0.4, -0.2) is 25.8 Å². The summed E-state index contributed by atoms with van der Waals surface area (Å²) in [4.78, 5) is 0. The Morgan fingerprint density at radius 1 is 1.35 bits per heavy atom. The predicted molar refractivity (Wildman–Crippen MR) is 71.2 cm³/mol. The maximum atomic E-state index is 5.70. The van der Waals surface area contributed by atoms with Crippen molar-refractivity contribution in [2.45, 2.75) is 44.2 Å². The summed E-state index contributed by atoms with van der Waals surface area (Å²) in [6.07, 6.45) is 6.47. The van der Waals surface area contributed by atoms with E-state index in [1.54, 1.807) is 0 Å². The number of hydrogen-bond donors (Lipinski definition) is 1. The standard InChI is InChI=1S/C15H23NO/c1-16-14(12-15-8-5-11-17-15)10-9-13-6-3-2-4-7-13/h2-4,6-7,14-16H,5,8-12H2,1H3. The third-order valence-corrected chi connectivity index (χ3v) is 3.60. The molecule has 0 aromatic heterocycles. The average molecular weight is 233 g/mol. The molecule has 2 unspecified atom stereocenters. The molecular formula is C15H23NO. The van der Waals surface area contributed by atoms with Crippen molar-refractivity contribution in [1.82, 2.24) is 5.32 Å². The van der Waals surface area contributed by atoms with Gasteiger partial charge in [0.05, 0.1) is 6.10 Å². The van der Waals surface area contributed by atoms with E-state index in [2.05, 4.69) is 42.7 Å². The Labute approximate surface area is 104 Å². The smallest absolute Gasteiger partial charge is 0.0590 e. The molecule has 2 nitrogen and oxygen atoms in total. The first-order valence-electron chi connectivity index (χ1n) is 6.71. The fraction of sp³-hybridized carbons (Fsp3) is 0.600. The molecule has 2 atom stereocenters. The van der Waals surface area contributed by atoms with Gasteiger partial charge in [0, 0.05) is 12.6 Å². The molecule has 0 aliphatic carbocycles. The van der Waals surface area contributed by atoms with Gasteiger partial charge in [-0.25, -0.2) is 0 Å². The van der Waals surface area contributed by atoms with Crippen molar-refractivity contribution in [3.05, 3.63) is 35.9 Å². The number of ether oxygens (including phenoxy) is 1. The van der Waals surface area contributed by atoms with Crippen LogP contribution in [0.5, 0.6) is 0 Å². The highest BCUT2D eigenvalue weighted by Crippen LogP contribution is 2.18. The van der Waals surface area contributed by atoms with Crippen LogP contribution in [0.1, 0.15) is 31.2 Å². The fourth-order valence-corrected chi connectivity index (χ4v) is 2.51. The summed E-state index contributed by atoms with van der Waals surface area (Å²) >= 11 is 0. The second kappa shape index (κ2) is 6.77. The van der Waals surface area contributed by atoms with Crippen LogP contribution in [0.4, 0.5) is 0 Å². The van der Waals surface area contributed by atoms with E-state index < -0.39 is 0 Å². The monoisotopic (exact) mass is 233 g/mol. The Bertz CT molecular complexity index is 306. The van der Waals surface area contributed by atoms with E-state index in [1.165, 1.54) is 24.8 Å². The van der Waals surface area contributed by atoms with Crippen molar-refractivity contribution in [3.63, 3.8) is 0 Å². The lowest BCUT2D eigenvalue weighted by atomic mass is 9.99. The number of rotatable bonds is 6. The van der Waals surface area contributed by atoms with E-state index in [9.17, 15) is 0 Å². The van der Waals surface area contributed by atoms with Gasteiger partial charge in [-0.15, -0.1) is 0 Å². The molecule has 17 heavy (non-hydrogen) atoms. The molecule has 2 heteroatoms. The lowest BCUT2D eigenvalue weighted by molar-refractivity contribution is 0.0945. The minimum atomic E-state index is 0.489. The van der Waals surface area contributed by atoms with Gasteiger partial charge in [0.2, 0.25) is 0 Å². The Hall–Kier alpha value is -0.860. The average Bonchev–Trinajstić information content (AvgIpc) is 2.88. The first kappa shape index (κ1) is 12.6. The molecule has 1 fully saturated rings. The number of aryl methyl sites for hydroxylation is 1. The molecule has 0 radical (unpaired) electrons. The van der Waals surface area contributed by atoms with Crippen LogP contribution in [0, 0.1) is 0 Å². The maximum absolute atomic E-state index is 5.70. The van der Waals surface area contributed by atoms with E-state index in [0.29, 0.717) is 12.1 Å². The van der Waals surface area contributed by atoms with Crippen LogP contribution in [0.25, 0.3) is 0 Å². The van der Waals surface area contributed by atoms with Crippen molar-refractivity contribution in [1.29, 1.82) is 0 Å². The molecule has 94 valence electrons. The highest BCUT2D eigenvalue weighted by atomic mass is 16.5. The lowest BCUT2D eigenvalue weighted by Gasteiger charge is -2.19. The van der Waals surface area contributed by atoms with Gasteiger partial charge < -0.3 is 10.1 Å². The summed E-state index contributed by atoms with van der Waals surface area (Å²) in [5.41, 5.74) is 1.43. The third-order valence-electron chi connectivity index (χ3n) is 3.60. The van der Waals surface area contributed by atoms with Gasteiger partial charge in [-0.05, 0) is 44.7 Å². The summed E-state index contributed by atoms with van der Waals surface area (Å²) in [5.74, 6) is 0. The van der Waals surface area contributed by atoms with Gasteiger partial charge >= 0.3 is 0 Å². The molecule has 0 bridgehead atoms.